The molecule has 0 radical (unpaired) electrons. The van der Waals surface area contributed by atoms with Crippen molar-refractivity contribution in [3.05, 3.63) is 131 Å². The quantitative estimate of drug-likeness (QED) is 0.240. The number of hydrogen-bond acceptors (Lipinski definition) is 3. The van der Waals surface area contributed by atoms with E-state index >= 15 is 0 Å². The van der Waals surface area contributed by atoms with Crippen molar-refractivity contribution in [2.45, 2.75) is 26.3 Å². The zero-order valence-electron chi connectivity index (χ0n) is 20.8. The third kappa shape index (κ3) is 6.77. The van der Waals surface area contributed by atoms with Crippen molar-refractivity contribution < 1.29 is 14.3 Å². The van der Waals surface area contributed by atoms with Crippen LogP contribution in [0.25, 0.3) is 0 Å². The van der Waals surface area contributed by atoms with Crippen LogP contribution in [-0.2, 0) is 17.8 Å². The molecule has 37 heavy (non-hydrogen) atoms. The monoisotopic (exact) mass is 492 g/mol. The number of rotatable bonds is 6. The molecule has 0 atom stereocenters. The van der Waals surface area contributed by atoms with E-state index in [9.17, 15) is 14.3 Å². The number of nitrogens with one attached hydrogen (secondary N) is 1. The molecule has 1 amide bonds. The number of carbonyl (C=O) groups is 1. The number of halogens is 1. The second-order valence-electron chi connectivity index (χ2n) is 8.77. The Morgan fingerprint density at radius 3 is 2.59 bits per heavy atom. The summed E-state index contributed by atoms with van der Waals surface area (Å²) < 4.78 is 13.2. The molecule has 3 aromatic rings. The number of amides is 1. The molecule has 0 fully saturated rings. The fraction of sp³-hybridized carbons (Fsp3) is 0.156. The summed E-state index contributed by atoms with van der Waals surface area (Å²) in [5.41, 5.74) is 5.66. The van der Waals surface area contributed by atoms with Crippen LogP contribution in [0.4, 0.5) is 10.1 Å². The smallest absolute Gasteiger partial charge is 0.255 e. The van der Waals surface area contributed by atoms with Crippen LogP contribution in [0.5, 0.6) is 5.75 Å². The highest BCUT2D eigenvalue weighted by molar-refractivity contribution is 6.05. The van der Waals surface area contributed by atoms with Crippen LogP contribution >= 0.6 is 0 Å². The fourth-order valence-corrected chi connectivity index (χ4v) is 4.15. The first-order valence-electron chi connectivity index (χ1n) is 12.2. The number of allylic oxidation sites excluding steroid dienone is 2. The standard InChI is InChI=1S/C32H29FN2O2/c1-3-7-25(32(37)34-29-16-14-28(33)15-17-29)12-10-23(2)35-19-18-27-21-30(36)20-26(31(27)22-35)13-11-24-8-5-4-6-9-24/h4-10,12,14-17,20-21,36H,2-3,18-19,22H2,1H3,(H,34,37)/b12-10-,25-7+. The summed E-state index contributed by atoms with van der Waals surface area (Å²) in [5.74, 6) is 6.00. The summed E-state index contributed by atoms with van der Waals surface area (Å²) in [6.45, 7) is 7.53. The summed E-state index contributed by atoms with van der Waals surface area (Å²) >= 11 is 0. The maximum atomic E-state index is 13.2. The van der Waals surface area contributed by atoms with Gasteiger partial charge >= 0.3 is 0 Å². The Balaban J connectivity index is 1.49. The molecule has 4 nitrogen and oxygen atoms in total. The number of aromatic hydroxyl groups is 1. The highest BCUT2D eigenvalue weighted by atomic mass is 19.1. The van der Waals surface area contributed by atoms with E-state index in [-0.39, 0.29) is 17.5 Å². The molecule has 0 spiro atoms. The molecule has 3 aromatic carbocycles. The van der Waals surface area contributed by atoms with Gasteiger partial charge in [0.1, 0.15) is 11.6 Å². The van der Waals surface area contributed by atoms with Gasteiger partial charge in [0, 0.05) is 41.2 Å². The molecule has 1 aliphatic rings. The van der Waals surface area contributed by atoms with Gasteiger partial charge in [-0.2, -0.15) is 0 Å². The lowest BCUT2D eigenvalue weighted by molar-refractivity contribution is -0.112. The van der Waals surface area contributed by atoms with Crippen LogP contribution in [0.3, 0.4) is 0 Å². The maximum absolute atomic E-state index is 13.2. The zero-order chi connectivity index (χ0) is 26.2. The van der Waals surface area contributed by atoms with Gasteiger partial charge in [0.15, 0.2) is 0 Å². The van der Waals surface area contributed by atoms with Crippen LogP contribution in [0.2, 0.25) is 0 Å². The predicted octanol–water partition coefficient (Wildman–Crippen LogP) is 6.33. The van der Waals surface area contributed by atoms with Crippen molar-refractivity contribution in [2.75, 3.05) is 11.9 Å². The Morgan fingerprint density at radius 2 is 1.86 bits per heavy atom. The average Bonchev–Trinajstić information content (AvgIpc) is 2.91. The molecule has 186 valence electrons. The molecule has 4 rings (SSSR count). The largest absolute Gasteiger partial charge is 0.508 e. The Labute approximate surface area is 217 Å². The fourth-order valence-electron chi connectivity index (χ4n) is 4.15. The minimum Gasteiger partial charge on any atom is -0.508 e. The normalized spacial score (nSPS) is 13.0. The van der Waals surface area contributed by atoms with Crippen molar-refractivity contribution >= 4 is 11.6 Å². The number of phenolic OH excluding ortho intramolecular Hbond substituents is 1. The summed E-state index contributed by atoms with van der Waals surface area (Å²) in [6.07, 6.45) is 6.88. The average molecular weight is 493 g/mol. The Bertz CT molecular complexity index is 1410. The molecule has 0 saturated carbocycles. The third-order valence-corrected chi connectivity index (χ3v) is 6.09. The predicted molar refractivity (Wildman–Crippen MR) is 146 cm³/mol. The highest BCUT2D eigenvalue weighted by Crippen LogP contribution is 2.29. The summed E-state index contributed by atoms with van der Waals surface area (Å²) in [4.78, 5) is 14.9. The van der Waals surface area contributed by atoms with E-state index in [1.807, 2.05) is 49.4 Å². The molecule has 5 heteroatoms. The van der Waals surface area contributed by atoms with Gasteiger partial charge in [-0.05, 0) is 84.7 Å². The molecular weight excluding hydrogens is 463 g/mol. The van der Waals surface area contributed by atoms with Gasteiger partial charge in [-0.1, -0.05) is 49.6 Å². The van der Waals surface area contributed by atoms with Crippen molar-refractivity contribution in [3.63, 3.8) is 0 Å². The van der Waals surface area contributed by atoms with Crippen molar-refractivity contribution in [1.82, 2.24) is 4.90 Å². The van der Waals surface area contributed by atoms with E-state index in [0.717, 1.165) is 40.9 Å². The number of nitrogens with zero attached hydrogens (tertiary/aromatic N) is 1. The van der Waals surface area contributed by atoms with Gasteiger partial charge in [-0.3, -0.25) is 4.79 Å². The number of fused-ring (bicyclic) bond motifs is 1. The van der Waals surface area contributed by atoms with E-state index in [4.69, 9.17) is 0 Å². The molecule has 1 heterocycles. The topological polar surface area (TPSA) is 52.6 Å². The molecule has 0 bridgehead atoms. The number of phenols is 1. The number of hydrogen-bond donors (Lipinski definition) is 2. The minimum absolute atomic E-state index is 0.213. The second-order valence-corrected chi connectivity index (χ2v) is 8.77. The van der Waals surface area contributed by atoms with Crippen LogP contribution in [-0.4, -0.2) is 22.5 Å². The molecule has 0 aliphatic carbocycles. The van der Waals surface area contributed by atoms with Gasteiger partial charge in [-0.15, -0.1) is 0 Å². The first kappa shape index (κ1) is 25.5. The molecule has 0 unspecified atom stereocenters. The lowest BCUT2D eigenvalue weighted by Crippen LogP contribution is -2.29. The first-order valence-corrected chi connectivity index (χ1v) is 12.2. The van der Waals surface area contributed by atoms with Crippen LogP contribution < -0.4 is 5.32 Å². The van der Waals surface area contributed by atoms with E-state index in [2.05, 4.69) is 28.6 Å². The summed E-state index contributed by atoms with van der Waals surface area (Å²) in [7, 11) is 0. The van der Waals surface area contributed by atoms with Crippen LogP contribution in [0.15, 0.2) is 103 Å². The minimum atomic E-state index is -0.356. The highest BCUT2D eigenvalue weighted by Gasteiger charge is 2.20. The van der Waals surface area contributed by atoms with Gasteiger partial charge < -0.3 is 15.3 Å². The second kappa shape index (κ2) is 11.9. The third-order valence-electron chi connectivity index (χ3n) is 6.09. The van der Waals surface area contributed by atoms with E-state index < -0.39 is 0 Å². The SMILES string of the molecule is C=C(/C=C\C(=C/CC)C(=O)Nc1ccc(F)cc1)N1CCc2cc(O)cc(C#Cc3ccccc3)c2C1. The van der Waals surface area contributed by atoms with Crippen LogP contribution in [0.1, 0.15) is 35.6 Å². The number of anilines is 1. The Hall–Kier alpha value is -4.56. The van der Waals surface area contributed by atoms with Crippen molar-refractivity contribution in [2.24, 2.45) is 0 Å². The van der Waals surface area contributed by atoms with E-state index in [1.165, 1.54) is 24.3 Å². The zero-order valence-corrected chi connectivity index (χ0v) is 20.8. The number of carbonyl (C=O) groups excluding carboxylic acids is 1. The molecular formula is C32H29FN2O2. The Kier molecular flexibility index (Phi) is 8.22. The van der Waals surface area contributed by atoms with E-state index in [1.54, 1.807) is 18.2 Å². The molecule has 0 aromatic heterocycles. The Morgan fingerprint density at radius 1 is 1.11 bits per heavy atom. The van der Waals surface area contributed by atoms with E-state index in [0.29, 0.717) is 24.2 Å². The van der Waals surface area contributed by atoms with Gasteiger partial charge in [-0.25, -0.2) is 4.39 Å². The van der Waals surface area contributed by atoms with Crippen molar-refractivity contribution in [3.8, 4) is 17.6 Å². The molecule has 2 N–H and O–H groups in total. The lowest BCUT2D eigenvalue weighted by Gasteiger charge is -2.32. The molecule has 1 aliphatic heterocycles. The van der Waals surface area contributed by atoms with Gasteiger partial charge in [0.25, 0.3) is 5.91 Å². The number of benzene rings is 3. The maximum Gasteiger partial charge on any atom is 0.255 e. The molecule has 0 saturated heterocycles. The van der Waals surface area contributed by atoms with Crippen molar-refractivity contribution in [1.29, 1.82) is 0 Å². The van der Waals surface area contributed by atoms with Gasteiger partial charge in [0.2, 0.25) is 0 Å². The van der Waals surface area contributed by atoms with Gasteiger partial charge in [0.05, 0.1) is 0 Å². The summed E-state index contributed by atoms with van der Waals surface area (Å²) in [6, 6.07) is 18.9. The lowest BCUT2D eigenvalue weighted by atomic mass is 9.94. The summed E-state index contributed by atoms with van der Waals surface area (Å²) in [5, 5.41) is 13.0. The first-order chi connectivity index (χ1) is 17.9. The van der Waals surface area contributed by atoms with Crippen LogP contribution in [0, 0.1) is 17.7 Å².